The van der Waals surface area contributed by atoms with Crippen molar-refractivity contribution < 1.29 is 19.4 Å². The maximum absolute atomic E-state index is 11.2. The van der Waals surface area contributed by atoms with Crippen molar-refractivity contribution in [2.24, 2.45) is 0 Å². The Hall–Kier alpha value is -2.36. The van der Waals surface area contributed by atoms with Gasteiger partial charge in [-0.25, -0.2) is 4.79 Å². The van der Waals surface area contributed by atoms with Crippen LogP contribution < -0.4 is 4.74 Å². The molecule has 4 heteroatoms. The van der Waals surface area contributed by atoms with E-state index < -0.39 is 5.97 Å². The number of benzene rings is 1. The zero-order valence-corrected chi connectivity index (χ0v) is 9.29. The Morgan fingerprint density at radius 1 is 1.12 bits per heavy atom. The number of hydrogen-bond acceptors (Lipinski definition) is 3. The molecule has 0 spiro atoms. The highest BCUT2D eigenvalue weighted by Crippen LogP contribution is 2.12. The molecule has 17 heavy (non-hydrogen) atoms. The van der Waals surface area contributed by atoms with Crippen LogP contribution in [0, 0.1) is 0 Å². The van der Waals surface area contributed by atoms with Crippen molar-refractivity contribution in [2.75, 3.05) is 7.11 Å². The van der Waals surface area contributed by atoms with Crippen LogP contribution in [-0.2, 0) is 9.59 Å². The molecular weight excluding hydrogens is 220 g/mol. The van der Waals surface area contributed by atoms with Gasteiger partial charge in [0.2, 0.25) is 0 Å². The molecule has 1 N–H and O–H groups in total. The van der Waals surface area contributed by atoms with E-state index in [1.807, 2.05) is 0 Å². The molecule has 0 aromatic heterocycles. The third kappa shape index (κ3) is 4.79. The Bertz CT molecular complexity index is 455. The van der Waals surface area contributed by atoms with E-state index >= 15 is 0 Å². The van der Waals surface area contributed by atoms with E-state index in [2.05, 4.69) is 0 Å². The highest BCUT2D eigenvalue weighted by atomic mass is 16.5. The number of allylic oxidation sites excluding steroid dienone is 2. The lowest BCUT2D eigenvalue weighted by Gasteiger charge is -1.98. The first-order valence-electron chi connectivity index (χ1n) is 4.89. The number of ether oxygens (including phenoxy) is 1. The molecule has 1 aromatic carbocycles. The van der Waals surface area contributed by atoms with Crippen molar-refractivity contribution in [3.05, 3.63) is 48.1 Å². The van der Waals surface area contributed by atoms with Crippen LogP contribution in [-0.4, -0.2) is 24.0 Å². The second-order valence-corrected chi connectivity index (χ2v) is 3.18. The first-order chi connectivity index (χ1) is 8.11. The number of carbonyl (C=O) groups is 2. The minimum absolute atomic E-state index is 0.372. The summed E-state index contributed by atoms with van der Waals surface area (Å²) in [7, 11) is 1.57. The summed E-state index contributed by atoms with van der Waals surface area (Å²) in [4.78, 5) is 21.4. The highest BCUT2D eigenvalue weighted by molar-refractivity contribution is 6.04. The molecule has 0 atom stereocenters. The molecular formula is C13H12O4. The second kappa shape index (κ2) is 6.27. The molecule has 0 aliphatic carbocycles. The van der Waals surface area contributed by atoms with Crippen molar-refractivity contribution >= 4 is 17.8 Å². The van der Waals surface area contributed by atoms with Gasteiger partial charge >= 0.3 is 5.97 Å². The molecule has 0 bridgehead atoms. The van der Waals surface area contributed by atoms with Crippen molar-refractivity contribution in [2.45, 2.75) is 0 Å². The predicted octanol–water partition coefficient (Wildman–Crippen LogP) is 1.92. The van der Waals surface area contributed by atoms with Gasteiger partial charge in [-0.3, -0.25) is 4.79 Å². The number of rotatable bonds is 5. The number of ketones is 1. The van der Waals surface area contributed by atoms with Crippen molar-refractivity contribution in [3.63, 3.8) is 0 Å². The van der Waals surface area contributed by atoms with Gasteiger partial charge in [-0.05, 0) is 29.8 Å². The molecule has 0 fully saturated rings. The summed E-state index contributed by atoms with van der Waals surface area (Å²) in [5, 5.41) is 8.33. The van der Waals surface area contributed by atoms with Crippen LogP contribution in [0.1, 0.15) is 5.56 Å². The lowest BCUT2D eigenvalue weighted by Crippen LogP contribution is -1.91. The smallest absolute Gasteiger partial charge is 0.328 e. The summed E-state index contributed by atoms with van der Waals surface area (Å²) in [6.45, 7) is 0. The molecule has 0 aliphatic rings. The number of methoxy groups -OCH3 is 1. The minimum Gasteiger partial charge on any atom is -0.497 e. The summed E-state index contributed by atoms with van der Waals surface area (Å²) in [5.74, 6) is -0.779. The van der Waals surface area contributed by atoms with E-state index in [-0.39, 0.29) is 5.78 Å². The van der Waals surface area contributed by atoms with Crippen LogP contribution in [0.3, 0.4) is 0 Å². The predicted molar refractivity (Wildman–Crippen MR) is 63.8 cm³/mol. The Kier molecular flexibility index (Phi) is 4.69. The maximum atomic E-state index is 11.2. The number of carboxylic acids is 1. The van der Waals surface area contributed by atoms with Gasteiger partial charge in [0.1, 0.15) is 5.75 Å². The van der Waals surface area contributed by atoms with E-state index in [4.69, 9.17) is 9.84 Å². The Balaban J connectivity index is 2.63. The van der Waals surface area contributed by atoms with Gasteiger partial charge < -0.3 is 9.84 Å². The van der Waals surface area contributed by atoms with Crippen LogP contribution in [0.5, 0.6) is 5.75 Å². The van der Waals surface area contributed by atoms with Crippen LogP contribution in [0.25, 0.3) is 6.08 Å². The molecule has 1 rings (SSSR count). The Morgan fingerprint density at radius 3 is 2.29 bits per heavy atom. The summed E-state index contributed by atoms with van der Waals surface area (Å²) < 4.78 is 4.99. The first-order valence-corrected chi connectivity index (χ1v) is 4.89. The normalized spacial score (nSPS) is 10.9. The van der Waals surface area contributed by atoms with Crippen LogP contribution in [0.2, 0.25) is 0 Å². The van der Waals surface area contributed by atoms with Gasteiger partial charge in [0.15, 0.2) is 5.78 Å². The number of aliphatic carboxylic acids is 1. The third-order valence-electron chi connectivity index (χ3n) is 1.95. The standard InChI is InChI=1S/C13H12O4/c1-17-12-7-3-10(4-8-12)2-5-11(14)6-9-13(15)16/h2-9H,1H3,(H,15,16). The minimum atomic E-state index is -1.14. The topological polar surface area (TPSA) is 63.6 Å². The van der Waals surface area contributed by atoms with Crippen LogP contribution >= 0.6 is 0 Å². The number of carboxylic acid groups (broad SMARTS) is 1. The van der Waals surface area contributed by atoms with Crippen molar-refractivity contribution in [3.8, 4) is 5.75 Å². The summed E-state index contributed by atoms with van der Waals surface area (Å²) >= 11 is 0. The first kappa shape index (κ1) is 12.7. The molecule has 4 nitrogen and oxygen atoms in total. The van der Waals surface area contributed by atoms with Crippen molar-refractivity contribution in [1.29, 1.82) is 0 Å². The van der Waals surface area contributed by atoms with Gasteiger partial charge in [0.05, 0.1) is 7.11 Å². The highest BCUT2D eigenvalue weighted by Gasteiger charge is 1.93. The molecule has 0 amide bonds. The van der Waals surface area contributed by atoms with Crippen LogP contribution in [0.15, 0.2) is 42.5 Å². The number of hydrogen-bond donors (Lipinski definition) is 1. The molecule has 88 valence electrons. The molecule has 0 radical (unpaired) electrons. The van der Waals surface area contributed by atoms with E-state index in [0.717, 1.165) is 23.5 Å². The average molecular weight is 232 g/mol. The molecule has 0 saturated heterocycles. The van der Waals surface area contributed by atoms with E-state index in [1.54, 1.807) is 37.5 Å². The molecule has 1 aromatic rings. The van der Waals surface area contributed by atoms with Gasteiger partial charge in [-0.15, -0.1) is 0 Å². The lowest BCUT2D eigenvalue weighted by atomic mass is 10.2. The quantitative estimate of drug-likeness (QED) is 0.788. The van der Waals surface area contributed by atoms with E-state index in [0.29, 0.717) is 0 Å². The molecule has 0 heterocycles. The fraction of sp³-hybridized carbons (Fsp3) is 0.0769. The molecule has 0 unspecified atom stereocenters. The fourth-order valence-corrected chi connectivity index (χ4v) is 1.10. The lowest BCUT2D eigenvalue weighted by molar-refractivity contribution is -0.131. The monoisotopic (exact) mass is 232 g/mol. The second-order valence-electron chi connectivity index (χ2n) is 3.18. The van der Waals surface area contributed by atoms with E-state index in [1.165, 1.54) is 6.08 Å². The summed E-state index contributed by atoms with van der Waals surface area (Å²) in [6.07, 6.45) is 4.72. The Morgan fingerprint density at radius 2 is 1.76 bits per heavy atom. The van der Waals surface area contributed by atoms with Gasteiger partial charge in [0, 0.05) is 6.08 Å². The maximum Gasteiger partial charge on any atom is 0.328 e. The SMILES string of the molecule is COc1ccc(C=CC(=O)C=CC(=O)O)cc1. The molecule has 0 saturated carbocycles. The van der Waals surface area contributed by atoms with Gasteiger partial charge in [0.25, 0.3) is 0 Å². The third-order valence-corrected chi connectivity index (χ3v) is 1.95. The molecule has 0 aliphatic heterocycles. The summed E-state index contributed by atoms with van der Waals surface area (Å²) in [6, 6.07) is 7.14. The van der Waals surface area contributed by atoms with Crippen LogP contribution in [0.4, 0.5) is 0 Å². The van der Waals surface area contributed by atoms with E-state index in [9.17, 15) is 9.59 Å². The zero-order chi connectivity index (χ0) is 12.7. The average Bonchev–Trinajstić information content (AvgIpc) is 2.34. The zero-order valence-electron chi connectivity index (χ0n) is 9.29. The van der Waals surface area contributed by atoms with Crippen molar-refractivity contribution in [1.82, 2.24) is 0 Å². The van der Waals surface area contributed by atoms with Gasteiger partial charge in [-0.2, -0.15) is 0 Å². The largest absolute Gasteiger partial charge is 0.497 e. The Labute approximate surface area is 98.8 Å². The summed E-state index contributed by atoms with van der Waals surface area (Å²) in [5.41, 5.74) is 0.836. The fourth-order valence-electron chi connectivity index (χ4n) is 1.10. The van der Waals surface area contributed by atoms with Gasteiger partial charge in [-0.1, -0.05) is 18.2 Å². The number of carbonyl (C=O) groups excluding carboxylic acids is 1.